The third kappa shape index (κ3) is 9.78. The predicted molar refractivity (Wildman–Crippen MR) is 131 cm³/mol. The van der Waals surface area contributed by atoms with Crippen LogP contribution >= 0.6 is 11.8 Å². The van der Waals surface area contributed by atoms with Gasteiger partial charge in [-0.3, -0.25) is 14.4 Å². The van der Waals surface area contributed by atoms with Crippen molar-refractivity contribution in [1.29, 1.82) is 0 Å². The van der Waals surface area contributed by atoms with Gasteiger partial charge in [0.2, 0.25) is 11.8 Å². The smallest absolute Gasteiger partial charge is 0.407 e. The van der Waals surface area contributed by atoms with Crippen molar-refractivity contribution in [3.8, 4) is 0 Å². The number of hydrogen-bond acceptors (Lipinski definition) is 6. The van der Waals surface area contributed by atoms with Gasteiger partial charge in [-0.25, -0.2) is 4.79 Å². The quantitative estimate of drug-likeness (QED) is 0.339. The van der Waals surface area contributed by atoms with Crippen LogP contribution in [0.15, 0.2) is 66.4 Å². The molecule has 0 aliphatic heterocycles. The lowest BCUT2D eigenvalue weighted by atomic mass is 10.1. The Labute approximate surface area is 202 Å². The lowest BCUT2D eigenvalue weighted by molar-refractivity contribution is -0.126. The zero-order valence-electron chi connectivity index (χ0n) is 18.8. The molecule has 0 heterocycles. The van der Waals surface area contributed by atoms with Crippen LogP contribution in [0.5, 0.6) is 0 Å². The first-order chi connectivity index (χ1) is 16.4. The summed E-state index contributed by atoms with van der Waals surface area (Å²) >= 11 is 1.51. The molecule has 0 aromatic heterocycles. The third-order valence-corrected chi connectivity index (χ3v) is 5.14. The molecule has 10 heteroatoms. The molecule has 34 heavy (non-hydrogen) atoms. The summed E-state index contributed by atoms with van der Waals surface area (Å²) in [5, 5.41) is 7.37. The maximum absolute atomic E-state index is 12.8. The van der Waals surface area contributed by atoms with Crippen LogP contribution in [0.3, 0.4) is 0 Å². The summed E-state index contributed by atoms with van der Waals surface area (Å²) in [5.41, 5.74) is 6.77. The van der Waals surface area contributed by atoms with Gasteiger partial charge in [0, 0.05) is 0 Å². The highest BCUT2D eigenvalue weighted by atomic mass is 32.2. The second-order valence-corrected chi connectivity index (χ2v) is 8.13. The molecule has 0 bridgehead atoms. The number of primary amides is 1. The van der Waals surface area contributed by atoms with E-state index < -0.39 is 36.4 Å². The number of carbonyl (C=O) groups is 4. The van der Waals surface area contributed by atoms with Crippen molar-refractivity contribution in [2.24, 2.45) is 5.73 Å². The van der Waals surface area contributed by atoms with Crippen LogP contribution in [-0.2, 0) is 25.7 Å². The van der Waals surface area contributed by atoms with Gasteiger partial charge in [-0.05, 0) is 35.6 Å². The maximum Gasteiger partial charge on any atom is 0.407 e. The van der Waals surface area contributed by atoms with E-state index in [-0.39, 0.29) is 12.3 Å². The van der Waals surface area contributed by atoms with E-state index >= 15 is 0 Å². The Morgan fingerprint density at radius 3 is 2.29 bits per heavy atom. The predicted octanol–water partition coefficient (Wildman–Crippen LogP) is 1.79. The van der Waals surface area contributed by atoms with Crippen molar-refractivity contribution >= 4 is 41.7 Å². The van der Waals surface area contributed by atoms with Crippen molar-refractivity contribution in [2.75, 3.05) is 18.6 Å². The molecule has 5 N–H and O–H groups in total. The Morgan fingerprint density at radius 1 is 1.03 bits per heavy atom. The van der Waals surface area contributed by atoms with Crippen LogP contribution in [0.4, 0.5) is 4.79 Å². The highest BCUT2D eigenvalue weighted by Gasteiger charge is 2.21. The SMILES string of the molecule is CSCC[C@H](NC(=O)C(=Cc1ccccc1)NC(=O)CNC(=O)OCc1ccccc1)C(N)=O. The number of thioether (sulfide) groups is 1. The van der Waals surface area contributed by atoms with Crippen LogP contribution in [-0.4, -0.2) is 48.4 Å². The molecular weight excluding hydrogens is 456 g/mol. The average molecular weight is 485 g/mol. The lowest BCUT2D eigenvalue weighted by Gasteiger charge is -2.17. The molecule has 4 amide bonds. The maximum atomic E-state index is 12.8. The zero-order chi connectivity index (χ0) is 24.8. The lowest BCUT2D eigenvalue weighted by Crippen LogP contribution is -2.48. The van der Waals surface area contributed by atoms with E-state index in [0.29, 0.717) is 17.7 Å². The summed E-state index contributed by atoms with van der Waals surface area (Å²) in [7, 11) is 0. The average Bonchev–Trinajstić information content (AvgIpc) is 2.84. The normalized spacial score (nSPS) is 11.7. The van der Waals surface area contributed by atoms with Gasteiger partial charge in [0.15, 0.2) is 0 Å². The Bertz CT molecular complexity index is 999. The van der Waals surface area contributed by atoms with Crippen molar-refractivity contribution in [1.82, 2.24) is 16.0 Å². The van der Waals surface area contributed by atoms with Gasteiger partial charge >= 0.3 is 6.09 Å². The Balaban J connectivity index is 1.99. The number of carbonyl (C=O) groups excluding carboxylic acids is 4. The van der Waals surface area contributed by atoms with E-state index in [4.69, 9.17) is 10.5 Å². The molecule has 2 aromatic rings. The van der Waals surface area contributed by atoms with E-state index in [9.17, 15) is 19.2 Å². The van der Waals surface area contributed by atoms with Crippen molar-refractivity contribution < 1.29 is 23.9 Å². The summed E-state index contributed by atoms with van der Waals surface area (Å²) in [6.07, 6.45) is 2.92. The summed E-state index contributed by atoms with van der Waals surface area (Å²) in [4.78, 5) is 48.9. The van der Waals surface area contributed by atoms with Crippen LogP contribution in [0.2, 0.25) is 0 Å². The molecule has 9 nitrogen and oxygen atoms in total. The molecule has 0 saturated heterocycles. The Morgan fingerprint density at radius 2 is 1.68 bits per heavy atom. The molecule has 0 aliphatic rings. The van der Waals surface area contributed by atoms with E-state index in [1.165, 1.54) is 17.8 Å². The molecule has 1 atom stereocenters. The largest absolute Gasteiger partial charge is 0.445 e. The van der Waals surface area contributed by atoms with Crippen molar-refractivity contribution in [2.45, 2.75) is 19.1 Å². The molecule has 2 aromatic carbocycles. The first kappa shape index (κ1) is 26.5. The minimum Gasteiger partial charge on any atom is -0.445 e. The molecule has 180 valence electrons. The van der Waals surface area contributed by atoms with E-state index in [0.717, 1.165) is 5.56 Å². The van der Waals surface area contributed by atoms with E-state index in [1.54, 1.807) is 36.4 Å². The van der Waals surface area contributed by atoms with Gasteiger partial charge in [-0.15, -0.1) is 0 Å². The topological polar surface area (TPSA) is 140 Å². The summed E-state index contributed by atoms with van der Waals surface area (Å²) in [5.74, 6) is -1.37. The number of nitrogens with one attached hydrogen (secondary N) is 3. The minimum absolute atomic E-state index is 0.0560. The molecular formula is C24H28N4O5S. The zero-order valence-corrected chi connectivity index (χ0v) is 19.6. The van der Waals surface area contributed by atoms with Crippen molar-refractivity contribution in [3.63, 3.8) is 0 Å². The van der Waals surface area contributed by atoms with Gasteiger partial charge in [0.05, 0.1) is 0 Å². The molecule has 0 aliphatic carbocycles. The molecule has 0 radical (unpaired) electrons. The number of amides is 4. The number of rotatable bonds is 12. The fourth-order valence-corrected chi connectivity index (χ4v) is 3.22. The standard InChI is InChI=1S/C24H28N4O5S/c1-34-13-12-19(22(25)30)28-23(31)20(14-17-8-4-2-5-9-17)27-21(29)15-26-24(32)33-16-18-10-6-3-7-11-18/h2-11,14,19H,12-13,15-16H2,1H3,(H2,25,30)(H,26,32)(H,27,29)(H,28,31)/t19-/m0/s1. The fraction of sp³-hybridized carbons (Fsp3) is 0.250. The number of benzene rings is 2. The summed E-state index contributed by atoms with van der Waals surface area (Å²) < 4.78 is 5.07. The molecule has 0 unspecified atom stereocenters. The molecule has 0 spiro atoms. The highest BCUT2D eigenvalue weighted by Crippen LogP contribution is 2.07. The van der Waals surface area contributed by atoms with Gasteiger partial charge < -0.3 is 26.4 Å². The third-order valence-electron chi connectivity index (χ3n) is 4.49. The van der Waals surface area contributed by atoms with E-state index in [2.05, 4.69) is 16.0 Å². The number of nitrogens with two attached hydrogens (primary N) is 1. The van der Waals surface area contributed by atoms with E-state index in [1.807, 2.05) is 30.5 Å². The van der Waals surface area contributed by atoms with Gasteiger partial charge in [-0.1, -0.05) is 60.7 Å². The first-order valence-corrected chi connectivity index (χ1v) is 11.9. The minimum atomic E-state index is -0.887. The first-order valence-electron chi connectivity index (χ1n) is 10.5. The Hall–Kier alpha value is -3.79. The van der Waals surface area contributed by atoms with Crippen LogP contribution < -0.4 is 21.7 Å². The van der Waals surface area contributed by atoms with Gasteiger partial charge in [-0.2, -0.15) is 11.8 Å². The molecule has 0 saturated carbocycles. The second-order valence-electron chi connectivity index (χ2n) is 7.14. The summed E-state index contributed by atoms with van der Waals surface area (Å²) in [6, 6.07) is 17.1. The monoisotopic (exact) mass is 484 g/mol. The fourth-order valence-electron chi connectivity index (χ4n) is 2.75. The van der Waals surface area contributed by atoms with Crippen LogP contribution in [0, 0.1) is 0 Å². The molecule has 0 fully saturated rings. The number of alkyl carbamates (subject to hydrolysis) is 1. The summed E-state index contributed by atoms with van der Waals surface area (Å²) in [6.45, 7) is -0.362. The van der Waals surface area contributed by atoms with Gasteiger partial charge in [0.1, 0.15) is 24.9 Å². The van der Waals surface area contributed by atoms with Crippen LogP contribution in [0.1, 0.15) is 17.5 Å². The van der Waals surface area contributed by atoms with Crippen LogP contribution in [0.25, 0.3) is 6.08 Å². The number of ether oxygens (including phenoxy) is 1. The molecule has 2 rings (SSSR count). The number of hydrogen-bond donors (Lipinski definition) is 4. The van der Waals surface area contributed by atoms with Gasteiger partial charge in [0.25, 0.3) is 5.91 Å². The Kier molecular flexibility index (Phi) is 11.2. The second kappa shape index (κ2) is 14.4. The van der Waals surface area contributed by atoms with Crippen molar-refractivity contribution in [3.05, 3.63) is 77.5 Å². The highest BCUT2D eigenvalue weighted by molar-refractivity contribution is 7.98.